The van der Waals surface area contributed by atoms with Gasteiger partial charge in [0.25, 0.3) is 5.56 Å². The van der Waals surface area contributed by atoms with Crippen LogP contribution in [0.3, 0.4) is 0 Å². The number of rotatable bonds is 5. The minimum atomic E-state index is -0.362. The van der Waals surface area contributed by atoms with E-state index < -0.39 is 0 Å². The molecule has 0 aliphatic heterocycles. The first-order chi connectivity index (χ1) is 15.1. The van der Waals surface area contributed by atoms with Crippen LogP contribution in [0.5, 0.6) is 0 Å². The largest absolute Gasteiger partial charge is 0.352 e. The Bertz CT molecular complexity index is 1350. The molecule has 0 N–H and O–H groups in total. The van der Waals surface area contributed by atoms with Crippen LogP contribution in [0.25, 0.3) is 11.2 Å². The molecule has 0 unspecified atom stereocenters. The van der Waals surface area contributed by atoms with Gasteiger partial charge in [-0.05, 0) is 50.3 Å². The average molecular weight is 415 g/mol. The second kappa shape index (κ2) is 7.98. The summed E-state index contributed by atoms with van der Waals surface area (Å²) >= 11 is 0. The average Bonchev–Trinajstić information content (AvgIpc) is 3.30. The molecule has 0 saturated heterocycles. The van der Waals surface area contributed by atoms with E-state index in [0.29, 0.717) is 24.3 Å². The molecule has 0 spiro atoms. The maximum Gasteiger partial charge on any atom is 0.333 e. The summed E-state index contributed by atoms with van der Waals surface area (Å²) in [6.45, 7) is 3.27. The van der Waals surface area contributed by atoms with Crippen LogP contribution in [0.2, 0.25) is 0 Å². The predicted molar refractivity (Wildman–Crippen MR) is 119 cm³/mol. The highest BCUT2D eigenvalue weighted by molar-refractivity contribution is 5.69. The summed E-state index contributed by atoms with van der Waals surface area (Å²) in [5.74, 6) is 0. The Labute approximate surface area is 179 Å². The Morgan fingerprint density at radius 2 is 1.55 bits per heavy atom. The first-order valence-electron chi connectivity index (χ1n) is 10.8. The Morgan fingerprint density at radius 3 is 2.26 bits per heavy atom. The fourth-order valence-corrected chi connectivity index (χ4v) is 4.21. The third-order valence-corrected chi connectivity index (χ3v) is 5.98. The smallest absolute Gasteiger partial charge is 0.333 e. The number of benzene rings is 1. The van der Waals surface area contributed by atoms with Crippen LogP contribution in [0.15, 0.2) is 58.4 Å². The van der Waals surface area contributed by atoms with Gasteiger partial charge in [-0.3, -0.25) is 13.9 Å². The molecule has 158 valence electrons. The molecule has 31 heavy (non-hydrogen) atoms. The number of fused-ring (bicyclic) bond motifs is 2. The van der Waals surface area contributed by atoms with Crippen molar-refractivity contribution >= 4 is 11.2 Å². The molecule has 0 radical (unpaired) electrons. The fourth-order valence-electron chi connectivity index (χ4n) is 4.21. The SMILES string of the molecule is Cc1ccc(Cn2c(=O)c3nc4c(nc3n(CCn3cccc3)c2=O)CCCC4)cc1. The van der Waals surface area contributed by atoms with Crippen molar-refractivity contribution in [3.63, 3.8) is 0 Å². The minimum absolute atomic E-state index is 0.218. The standard InChI is InChI=1S/C24H25N5O2/c1-17-8-10-18(11-9-17)16-29-23(30)21-22(26-20-7-3-2-6-19(20)25-21)28(24(29)31)15-14-27-12-4-5-13-27/h4-5,8-13H,2-3,6-7,14-16H2,1H3. The van der Waals surface area contributed by atoms with E-state index in [-0.39, 0.29) is 17.8 Å². The zero-order valence-electron chi connectivity index (χ0n) is 17.6. The molecule has 1 aliphatic rings. The van der Waals surface area contributed by atoms with E-state index in [1.165, 1.54) is 4.57 Å². The van der Waals surface area contributed by atoms with Gasteiger partial charge < -0.3 is 4.57 Å². The molecule has 0 bridgehead atoms. The molecule has 1 aromatic carbocycles. The van der Waals surface area contributed by atoms with Gasteiger partial charge in [0.05, 0.1) is 17.9 Å². The summed E-state index contributed by atoms with van der Waals surface area (Å²) < 4.78 is 4.93. The van der Waals surface area contributed by atoms with Crippen molar-refractivity contribution in [3.8, 4) is 0 Å². The van der Waals surface area contributed by atoms with Gasteiger partial charge in [-0.1, -0.05) is 29.8 Å². The summed E-state index contributed by atoms with van der Waals surface area (Å²) in [4.78, 5) is 36.3. The number of nitrogens with zero attached hydrogens (tertiary/aromatic N) is 5. The molecular weight excluding hydrogens is 390 g/mol. The van der Waals surface area contributed by atoms with E-state index in [9.17, 15) is 9.59 Å². The van der Waals surface area contributed by atoms with E-state index >= 15 is 0 Å². The van der Waals surface area contributed by atoms with Crippen LogP contribution in [0.1, 0.15) is 35.4 Å². The normalized spacial score (nSPS) is 13.5. The zero-order valence-corrected chi connectivity index (χ0v) is 17.6. The van der Waals surface area contributed by atoms with Crippen molar-refractivity contribution in [1.82, 2.24) is 23.7 Å². The van der Waals surface area contributed by atoms with Crippen LogP contribution in [-0.2, 0) is 32.5 Å². The van der Waals surface area contributed by atoms with Crippen molar-refractivity contribution < 1.29 is 0 Å². The minimum Gasteiger partial charge on any atom is -0.352 e. The molecule has 7 nitrogen and oxygen atoms in total. The first kappa shape index (κ1) is 19.5. The lowest BCUT2D eigenvalue weighted by molar-refractivity contribution is 0.535. The van der Waals surface area contributed by atoms with Crippen LogP contribution in [-0.4, -0.2) is 23.7 Å². The van der Waals surface area contributed by atoms with E-state index in [1.54, 1.807) is 4.57 Å². The monoisotopic (exact) mass is 415 g/mol. The Morgan fingerprint density at radius 1 is 0.871 bits per heavy atom. The predicted octanol–water partition coefficient (Wildman–Crippen LogP) is 2.69. The molecule has 3 aromatic heterocycles. The van der Waals surface area contributed by atoms with Crippen LogP contribution in [0, 0.1) is 6.92 Å². The summed E-state index contributed by atoms with van der Waals surface area (Å²) in [6, 6.07) is 11.8. The van der Waals surface area contributed by atoms with Crippen molar-refractivity contribution in [3.05, 3.63) is 92.1 Å². The van der Waals surface area contributed by atoms with E-state index in [4.69, 9.17) is 9.97 Å². The molecular formula is C24H25N5O2. The number of hydrogen-bond acceptors (Lipinski definition) is 4. The highest BCUT2D eigenvalue weighted by atomic mass is 16.2. The van der Waals surface area contributed by atoms with E-state index in [1.807, 2.05) is 60.3 Å². The Balaban J connectivity index is 1.67. The zero-order chi connectivity index (χ0) is 21.4. The first-order valence-corrected chi connectivity index (χ1v) is 10.8. The van der Waals surface area contributed by atoms with Crippen molar-refractivity contribution in [2.45, 2.75) is 52.2 Å². The second-order valence-electron chi connectivity index (χ2n) is 8.23. The van der Waals surface area contributed by atoms with Crippen LogP contribution in [0.4, 0.5) is 0 Å². The summed E-state index contributed by atoms with van der Waals surface area (Å²) in [5.41, 5.74) is 3.86. The summed E-state index contributed by atoms with van der Waals surface area (Å²) in [7, 11) is 0. The summed E-state index contributed by atoms with van der Waals surface area (Å²) in [6.07, 6.45) is 7.71. The highest BCUT2D eigenvalue weighted by Crippen LogP contribution is 2.19. The van der Waals surface area contributed by atoms with Gasteiger partial charge in [0.15, 0.2) is 11.2 Å². The third-order valence-electron chi connectivity index (χ3n) is 5.98. The lowest BCUT2D eigenvalue weighted by atomic mass is 10.0. The number of aromatic nitrogens is 5. The molecule has 1 aliphatic carbocycles. The van der Waals surface area contributed by atoms with Crippen molar-refractivity contribution in [2.24, 2.45) is 0 Å². The Hall–Kier alpha value is -3.48. The molecule has 4 aromatic rings. The van der Waals surface area contributed by atoms with Crippen LogP contribution < -0.4 is 11.2 Å². The van der Waals surface area contributed by atoms with Gasteiger partial charge in [-0.2, -0.15) is 0 Å². The van der Waals surface area contributed by atoms with Gasteiger partial charge in [-0.15, -0.1) is 0 Å². The van der Waals surface area contributed by atoms with Gasteiger partial charge in [0.2, 0.25) is 0 Å². The molecule has 5 rings (SSSR count). The third kappa shape index (κ3) is 3.71. The van der Waals surface area contributed by atoms with E-state index in [2.05, 4.69) is 0 Å². The Kier molecular flexibility index (Phi) is 5.02. The van der Waals surface area contributed by atoms with Crippen molar-refractivity contribution in [2.75, 3.05) is 0 Å². The van der Waals surface area contributed by atoms with Crippen molar-refractivity contribution in [1.29, 1.82) is 0 Å². The fraction of sp³-hybridized carbons (Fsp3) is 0.333. The maximum atomic E-state index is 13.5. The quantitative estimate of drug-likeness (QED) is 0.502. The van der Waals surface area contributed by atoms with Gasteiger partial charge in [0.1, 0.15) is 0 Å². The van der Waals surface area contributed by atoms with Gasteiger partial charge in [0, 0.05) is 25.5 Å². The van der Waals surface area contributed by atoms with Gasteiger partial charge in [-0.25, -0.2) is 14.8 Å². The number of hydrogen-bond donors (Lipinski definition) is 0. The molecule has 0 amide bonds. The maximum absolute atomic E-state index is 13.5. The van der Waals surface area contributed by atoms with Crippen LogP contribution >= 0.6 is 0 Å². The molecule has 7 heteroatoms. The van der Waals surface area contributed by atoms with Gasteiger partial charge >= 0.3 is 5.69 Å². The number of aryl methyl sites for hydroxylation is 5. The highest BCUT2D eigenvalue weighted by Gasteiger charge is 2.20. The second-order valence-corrected chi connectivity index (χ2v) is 8.23. The molecule has 0 atom stereocenters. The molecule has 0 saturated carbocycles. The lowest BCUT2D eigenvalue weighted by Crippen LogP contribution is -2.42. The summed E-state index contributed by atoms with van der Waals surface area (Å²) in [5, 5.41) is 0. The molecule has 3 heterocycles. The van der Waals surface area contributed by atoms with E-state index in [0.717, 1.165) is 48.2 Å². The molecule has 0 fully saturated rings. The topological polar surface area (TPSA) is 74.7 Å². The lowest BCUT2D eigenvalue weighted by Gasteiger charge is -2.18.